The van der Waals surface area contributed by atoms with Gasteiger partial charge in [0.2, 0.25) is 0 Å². The molecule has 0 unspecified atom stereocenters. The van der Waals surface area contributed by atoms with Gasteiger partial charge in [-0.2, -0.15) is 0 Å². The van der Waals surface area contributed by atoms with Gasteiger partial charge in [-0.3, -0.25) is 4.90 Å². The fourth-order valence-corrected chi connectivity index (χ4v) is 2.37. The number of nitrogens with zero attached hydrogens (tertiary/aromatic N) is 2. The van der Waals surface area contributed by atoms with Crippen LogP contribution in [0.3, 0.4) is 0 Å². The molecule has 1 aromatic rings. The Labute approximate surface area is 120 Å². The van der Waals surface area contributed by atoms with Crippen molar-refractivity contribution >= 4 is 0 Å². The van der Waals surface area contributed by atoms with Gasteiger partial charge in [0, 0.05) is 50.4 Å². The zero-order chi connectivity index (χ0) is 14.5. The van der Waals surface area contributed by atoms with Gasteiger partial charge in [0.25, 0.3) is 0 Å². The molecule has 0 aliphatic carbocycles. The van der Waals surface area contributed by atoms with Gasteiger partial charge >= 0.3 is 0 Å². The molecule has 2 N–H and O–H groups in total. The Morgan fingerprint density at radius 3 is 2.65 bits per heavy atom. The van der Waals surface area contributed by atoms with Crippen LogP contribution < -0.4 is 10.5 Å². The molecule has 0 spiro atoms. The lowest BCUT2D eigenvalue weighted by Crippen LogP contribution is -2.45. The molecular formula is C15H24FN3O. The van der Waals surface area contributed by atoms with Crippen LogP contribution in [-0.2, 0) is 0 Å². The fraction of sp³-hybridized carbons (Fsp3) is 0.600. The van der Waals surface area contributed by atoms with E-state index >= 15 is 0 Å². The molecule has 1 aliphatic rings. The molecule has 2 rings (SSSR count). The summed E-state index contributed by atoms with van der Waals surface area (Å²) in [5.74, 6) is 0.276. The number of nitrogens with two attached hydrogens (primary N) is 1. The normalized spacial score (nSPS) is 19.0. The molecule has 0 amide bonds. The number of piperazine rings is 1. The first kappa shape index (κ1) is 15.2. The van der Waals surface area contributed by atoms with Gasteiger partial charge in [-0.05, 0) is 20.0 Å². The molecule has 1 heterocycles. The summed E-state index contributed by atoms with van der Waals surface area (Å²) in [6.07, 6.45) is 0. The van der Waals surface area contributed by atoms with Gasteiger partial charge < -0.3 is 15.4 Å². The molecule has 112 valence electrons. The smallest absolute Gasteiger partial charge is 0.127 e. The lowest BCUT2D eigenvalue weighted by Gasteiger charge is -2.32. The zero-order valence-corrected chi connectivity index (χ0v) is 12.3. The van der Waals surface area contributed by atoms with Crippen LogP contribution >= 0.6 is 0 Å². The van der Waals surface area contributed by atoms with Gasteiger partial charge in [-0.15, -0.1) is 0 Å². The highest BCUT2D eigenvalue weighted by Gasteiger charge is 2.14. The van der Waals surface area contributed by atoms with Crippen molar-refractivity contribution in [2.45, 2.75) is 13.0 Å². The summed E-state index contributed by atoms with van der Waals surface area (Å²) >= 11 is 0. The third-order valence-corrected chi connectivity index (χ3v) is 3.73. The average Bonchev–Trinajstić information content (AvgIpc) is 2.41. The molecule has 1 aliphatic heterocycles. The van der Waals surface area contributed by atoms with Crippen LogP contribution in [0.2, 0.25) is 0 Å². The minimum absolute atomic E-state index is 0.158. The quantitative estimate of drug-likeness (QED) is 0.887. The fourth-order valence-electron chi connectivity index (χ4n) is 2.37. The van der Waals surface area contributed by atoms with Gasteiger partial charge in [-0.25, -0.2) is 4.39 Å². The number of hydrogen-bond donors (Lipinski definition) is 1. The lowest BCUT2D eigenvalue weighted by molar-refractivity contribution is 0.133. The summed E-state index contributed by atoms with van der Waals surface area (Å²) in [6, 6.07) is 4.38. The van der Waals surface area contributed by atoms with Crippen LogP contribution in [0.15, 0.2) is 18.2 Å². The molecular weight excluding hydrogens is 257 g/mol. The Bertz CT molecular complexity index is 431. The van der Waals surface area contributed by atoms with Gasteiger partial charge in [-0.1, -0.05) is 6.07 Å². The third kappa shape index (κ3) is 4.16. The maximum Gasteiger partial charge on any atom is 0.127 e. The highest BCUT2D eigenvalue weighted by molar-refractivity contribution is 5.36. The van der Waals surface area contributed by atoms with E-state index in [0.717, 1.165) is 38.3 Å². The highest BCUT2D eigenvalue weighted by atomic mass is 19.1. The van der Waals surface area contributed by atoms with Crippen LogP contribution in [0.25, 0.3) is 0 Å². The number of likely N-dealkylation sites (N-methyl/N-ethyl adjacent to an activating group) is 1. The predicted molar refractivity (Wildman–Crippen MR) is 78.4 cm³/mol. The molecule has 5 heteroatoms. The van der Waals surface area contributed by atoms with Crippen LogP contribution in [0.5, 0.6) is 5.75 Å². The number of hydrogen-bond acceptors (Lipinski definition) is 4. The number of ether oxygens (including phenoxy) is 1. The van der Waals surface area contributed by atoms with Crippen molar-refractivity contribution in [3.8, 4) is 5.75 Å². The Hall–Kier alpha value is -1.17. The van der Waals surface area contributed by atoms with E-state index in [1.54, 1.807) is 6.07 Å². The summed E-state index contributed by atoms with van der Waals surface area (Å²) in [6.45, 7) is 7.60. The molecule has 0 bridgehead atoms. The number of halogens is 1. The average molecular weight is 281 g/mol. The summed E-state index contributed by atoms with van der Waals surface area (Å²) in [5.41, 5.74) is 6.73. The number of benzene rings is 1. The molecule has 1 aromatic carbocycles. The van der Waals surface area contributed by atoms with E-state index < -0.39 is 0 Å². The summed E-state index contributed by atoms with van der Waals surface area (Å²) < 4.78 is 19.0. The van der Waals surface area contributed by atoms with Crippen molar-refractivity contribution in [1.29, 1.82) is 0 Å². The Balaban J connectivity index is 1.86. The lowest BCUT2D eigenvalue weighted by atomic mass is 10.1. The summed E-state index contributed by atoms with van der Waals surface area (Å²) in [7, 11) is 2.13. The third-order valence-electron chi connectivity index (χ3n) is 3.73. The van der Waals surface area contributed by atoms with Gasteiger partial charge in [0.15, 0.2) is 0 Å². The second kappa shape index (κ2) is 7.02. The highest BCUT2D eigenvalue weighted by Crippen LogP contribution is 2.24. The largest absolute Gasteiger partial charge is 0.492 e. The Kier molecular flexibility index (Phi) is 5.34. The van der Waals surface area contributed by atoms with Crippen molar-refractivity contribution in [3.05, 3.63) is 29.6 Å². The van der Waals surface area contributed by atoms with Crippen LogP contribution in [0.4, 0.5) is 4.39 Å². The van der Waals surface area contributed by atoms with Crippen molar-refractivity contribution in [3.63, 3.8) is 0 Å². The van der Waals surface area contributed by atoms with E-state index in [9.17, 15) is 4.39 Å². The maximum absolute atomic E-state index is 13.3. The van der Waals surface area contributed by atoms with E-state index in [4.69, 9.17) is 10.5 Å². The van der Waals surface area contributed by atoms with Gasteiger partial charge in [0.1, 0.15) is 18.2 Å². The second-order valence-corrected chi connectivity index (χ2v) is 5.46. The Morgan fingerprint density at radius 2 is 2.00 bits per heavy atom. The van der Waals surface area contributed by atoms with Crippen LogP contribution in [0, 0.1) is 5.82 Å². The minimum Gasteiger partial charge on any atom is -0.492 e. The zero-order valence-electron chi connectivity index (χ0n) is 12.3. The van der Waals surface area contributed by atoms with E-state index in [1.807, 2.05) is 6.92 Å². The first-order valence-electron chi connectivity index (χ1n) is 7.15. The van der Waals surface area contributed by atoms with Crippen molar-refractivity contribution in [1.82, 2.24) is 9.80 Å². The van der Waals surface area contributed by atoms with E-state index in [0.29, 0.717) is 12.4 Å². The van der Waals surface area contributed by atoms with Crippen molar-refractivity contribution in [2.75, 3.05) is 46.4 Å². The molecule has 20 heavy (non-hydrogen) atoms. The van der Waals surface area contributed by atoms with E-state index in [-0.39, 0.29) is 11.9 Å². The topological polar surface area (TPSA) is 41.7 Å². The van der Waals surface area contributed by atoms with Gasteiger partial charge in [0.05, 0.1) is 0 Å². The van der Waals surface area contributed by atoms with E-state index in [1.165, 1.54) is 12.1 Å². The monoisotopic (exact) mass is 281 g/mol. The number of rotatable bonds is 5. The predicted octanol–water partition coefficient (Wildman–Crippen LogP) is 1.47. The maximum atomic E-state index is 13.3. The molecule has 1 atom stereocenters. The second-order valence-electron chi connectivity index (χ2n) is 5.46. The minimum atomic E-state index is -0.288. The molecule has 1 fully saturated rings. The summed E-state index contributed by atoms with van der Waals surface area (Å²) in [4.78, 5) is 4.68. The SMILES string of the molecule is C[C@@H](N)c1ccc(F)cc1OCCN1CCN(C)CC1. The first-order valence-corrected chi connectivity index (χ1v) is 7.15. The van der Waals surface area contributed by atoms with Crippen molar-refractivity contribution < 1.29 is 9.13 Å². The van der Waals surface area contributed by atoms with Crippen LogP contribution in [-0.4, -0.2) is 56.2 Å². The van der Waals surface area contributed by atoms with Crippen LogP contribution in [0.1, 0.15) is 18.5 Å². The van der Waals surface area contributed by atoms with Crippen molar-refractivity contribution in [2.24, 2.45) is 5.73 Å². The molecule has 0 aromatic heterocycles. The first-order chi connectivity index (χ1) is 9.56. The van der Waals surface area contributed by atoms with E-state index in [2.05, 4.69) is 16.8 Å². The molecule has 0 radical (unpaired) electrons. The molecule has 0 saturated carbocycles. The molecule has 4 nitrogen and oxygen atoms in total. The standard InChI is InChI=1S/C15H24FN3O/c1-12(17)14-4-3-13(16)11-15(14)20-10-9-19-7-5-18(2)6-8-19/h3-4,11-12H,5-10,17H2,1-2H3/t12-/m1/s1. The Morgan fingerprint density at radius 1 is 1.30 bits per heavy atom. The summed E-state index contributed by atoms with van der Waals surface area (Å²) in [5, 5.41) is 0. The molecule has 1 saturated heterocycles.